The topological polar surface area (TPSA) is 50.3 Å². The zero-order chi connectivity index (χ0) is 13.9. The van der Waals surface area contributed by atoms with Gasteiger partial charge in [-0.2, -0.15) is 0 Å². The summed E-state index contributed by atoms with van der Waals surface area (Å²) in [6.07, 6.45) is 3.21. The minimum Gasteiger partial charge on any atom is -0.250 e. The first-order valence-corrected chi connectivity index (χ1v) is 8.22. The number of sulfonamides is 1. The molecule has 1 aromatic carbocycles. The normalized spacial score (nSPS) is 11.9. The molecule has 1 heterocycles. The average molecular weight is 296 g/mol. The van der Waals surface area contributed by atoms with Crippen LogP contribution in [-0.4, -0.2) is 31.8 Å². The molecular weight excluding hydrogens is 280 g/mol. The summed E-state index contributed by atoms with van der Waals surface area (Å²) < 4.78 is 25.7. The predicted molar refractivity (Wildman–Crippen MR) is 76.8 cm³/mol. The quantitative estimate of drug-likeness (QED) is 0.849. The molecule has 0 aliphatic rings. The SMILES string of the molecule is CN(C)S(=O)(=O)c1ccccc1CCc1nccs1. The van der Waals surface area contributed by atoms with Crippen LogP contribution in [0.4, 0.5) is 0 Å². The third kappa shape index (κ3) is 3.20. The molecule has 4 nitrogen and oxygen atoms in total. The maximum absolute atomic E-state index is 12.2. The van der Waals surface area contributed by atoms with Crippen molar-refractivity contribution in [3.8, 4) is 0 Å². The lowest BCUT2D eigenvalue weighted by Crippen LogP contribution is -2.23. The fourth-order valence-electron chi connectivity index (χ4n) is 1.78. The molecule has 0 amide bonds. The number of nitrogens with zero attached hydrogens (tertiary/aromatic N) is 2. The Morgan fingerprint density at radius 2 is 1.95 bits per heavy atom. The smallest absolute Gasteiger partial charge is 0.242 e. The molecule has 0 bridgehead atoms. The highest BCUT2D eigenvalue weighted by Gasteiger charge is 2.20. The van der Waals surface area contributed by atoms with Gasteiger partial charge in [0.15, 0.2) is 0 Å². The van der Waals surface area contributed by atoms with Gasteiger partial charge >= 0.3 is 0 Å². The van der Waals surface area contributed by atoms with E-state index in [0.717, 1.165) is 17.0 Å². The van der Waals surface area contributed by atoms with Gasteiger partial charge < -0.3 is 0 Å². The molecule has 0 aliphatic heterocycles. The molecule has 0 aliphatic carbocycles. The first kappa shape index (κ1) is 14.2. The molecule has 6 heteroatoms. The second-order valence-electron chi connectivity index (χ2n) is 4.32. The van der Waals surface area contributed by atoms with Crippen LogP contribution in [0.1, 0.15) is 10.6 Å². The van der Waals surface area contributed by atoms with Crippen molar-refractivity contribution in [3.63, 3.8) is 0 Å². The Morgan fingerprint density at radius 1 is 1.21 bits per heavy atom. The summed E-state index contributed by atoms with van der Waals surface area (Å²) in [5.41, 5.74) is 0.839. The van der Waals surface area contributed by atoms with Crippen LogP contribution >= 0.6 is 11.3 Å². The number of benzene rings is 1. The fourth-order valence-corrected chi connectivity index (χ4v) is 3.54. The molecule has 0 atom stereocenters. The second-order valence-corrected chi connectivity index (χ2v) is 7.42. The Hall–Kier alpha value is -1.24. The van der Waals surface area contributed by atoms with Crippen LogP contribution in [0.15, 0.2) is 40.7 Å². The third-order valence-corrected chi connectivity index (χ3v) is 5.58. The highest BCUT2D eigenvalue weighted by Crippen LogP contribution is 2.20. The van der Waals surface area contributed by atoms with E-state index in [2.05, 4.69) is 4.98 Å². The number of rotatable bonds is 5. The van der Waals surface area contributed by atoms with Gasteiger partial charge in [-0.15, -0.1) is 11.3 Å². The predicted octanol–water partition coefficient (Wildman–Crippen LogP) is 2.18. The van der Waals surface area contributed by atoms with Gasteiger partial charge in [0.2, 0.25) is 10.0 Å². The summed E-state index contributed by atoms with van der Waals surface area (Å²) in [5, 5.41) is 2.95. The van der Waals surface area contributed by atoms with Gasteiger partial charge in [0.25, 0.3) is 0 Å². The van der Waals surface area contributed by atoms with Crippen molar-refractivity contribution in [2.75, 3.05) is 14.1 Å². The van der Waals surface area contributed by atoms with Crippen LogP contribution in [-0.2, 0) is 22.9 Å². The lowest BCUT2D eigenvalue weighted by molar-refractivity contribution is 0.519. The van der Waals surface area contributed by atoms with Crippen molar-refractivity contribution >= 4 is 21.4 Å². The van der Waals surface area contributed by atoms with E-state index in [1.54, 1.807) is 43.8 Å². The van der Waals surface area contributed by atoms with E-state index in [-0.39, 0.29) is 0 Å². The van der Waals surface area contributed by atoms with Gasteiger partial charge in [0.1, 0.15) is 0 Å². The molecule has 0 saturated heterocycles. The van der Waals surface area contributed by atoms with Crippen molar-refractivity contribution in [2.24, 2.45) is 0 Å². The van der Waals surface area contributed by atoms with Crippen LogP contribution in [0.3, 0.4) is 0 Å². The maximum Gasteiger partial charge on any atom is 0.242 e. The second kappa shape index (κ2) is 5.81. The summed E-state index contributed by atoms with van der Waals surface area (Å²) in [6, 6.07) is 7.14. The van der Waals surface area contributed by atoms with Crippen LogP contribution in [0.25, 0.3) is 0 Å². The molecule has 19 heavy (non-hydrogen) atoms. The molecule has 2 aromatic rings. The number of aryl methyl sites for hydroxylation is 2. The van der Waals surface area contributed by atoms with Gasteiger partial charge in [-0.1, -0.05) is 18.2 Å². The fraction of sp³-hybridized carbons (Fsp3) is 0.308. The largest absolute Gasteiger partial charge is 0.250 e. The summed E-state index contributed by atoms with van der Waals surface area (Å²) in [4.78, 5) is 4.60. The Bertz CT molecular complexity index is 634. The molecule has 1 aromatic heterocycles. The monoisotopic (exact) mass is 296 g/mol. The first-order chi connectivity index (χ1) is 9.01. The molecule has 0 spiro atoms. The van der Waals surface area contributed by atoms with Crippen molar-refractivity contribution in [1.29, 1.82) is 0 Å². The van der Waals surface area contributed by atoms with Gasteiger partial charge in [0, 0.05) is 32.1 Å². The summed E-state index contributed by atoms with van der Waals surface area (Å²) >= 11 is 1.59. The minimum absolute atomic E-state index is 0.386. The van der Waals surface area contributed by atoms with E-state index >= 15 is 0 Å². The maximum atomic E-state index is 12.2. The average Bonchev–Trinajstić information content (AvgIpc) is 2.89. The number of hydrogen-bond acceptors (Lipinski definition) is 4. The van der Waals surface area contributed by atoms with Gasteiger partial charge in [-0.25, -0.2) is 17.7 Å². The van der Waals surface area contributed by atoms with E-state index in [4.69, 9.17) is 0 Å². The summed E-state index contributed by atoms with van der Waals surface area (Å²) in [7, 11) is -0.285. The molecule has 0 radical (unpaired) electrons. The van der Waals surface area contributed by atoms with E-state index < -0.39 is 10.0 Å². The number of hydrogen-bond donors (Lipinski definition) is 0. The van der Waals surface area contributed by atoms with E-state index in [1.165, 1.54) is 4.31 Å². The lowest BCUT2D eigenvalue weighted by atomic mass is 10.1. The molecule has 102 valence electrons. The Balaban J connectivity index is 2.27. The highest BCUT2D eigenvalue weighted by molar-refractivity contribution is 7.89. The van der Waals surface area contributed by atoms with E-state index in [9.17, 15) is 8.42 Å². The summed E-state index contributed by atoms with van der Waals surface area (Å²) in [6.45, 7) is 0. The van der Waals surface area contributed by atoms with Gasteiger partial charge in [-0.3, -0.25) is 0 Å². The standard InChI is InChI=1S/C13H16N2O2S2/c1-15(2)19(16,17)12-6-4-3-5-11(12)7-8-13-14-9-10-18-13/h3-6,9-10H,7-8H2,1-2H3. The Labute approximate surface area is 117 Å². The zero-order valence-electron chi connectivity index (χ0n) is 10.9. The number of thiazole rings is 1. The molecular formula is C13H16N2O2S2. The number of aromatic nitrogens is 1. The van der Waals surface area contributed by atoms with Gasteiger partial charge in [0.05, 0.1) is 9.90 Å². The molecule has 2 rings (SSSR count). The highest BCUT2D eigenvalue weighted by atomic mass is 32.2. The van der Waals surface area contributed by atoms with Crippen molar-refractivity contribution in [1.82, 2.24) is 9.29 Å². The molecule has 0 unspecified atom stereocenters. The minimum atomic E-state index is -3.38. The van der Waals surface area contributed by atoms with Crippen LogP contribution in [0, 0.1) is 0 Å². The summed E-state index contributed by atoms with van der Waals surface area (Å²) in [5.74, 6) is 0. The molecule has 0 N–H and O–H groups in total. The first-order valence-electron chi connectivity index (χ1n) is 5.90. The Kier molecular flexibility index (Phi) is 4.34. The van der Waals surface area contributed by atoms with Crippen molar-refractivity contribution in [3.05, 3.63) is 46.4 Å². The molecule has 0 fully saturated rings. The van der Waals surface area contributed by atoms with E-state index in [1.807, 2.05) is 17.5 Å². The zero-order valence-corrected chi connectivity index (χ0v) is 12.5. The van der Waals surface area contributed by atoms with Crippen LogP contribution < -0.4 is 0 Å². The van der Waals surface area contributed by atoms with Crippen molar-refractivity contribution in [2.45, 2.75) is 17.7 Å². The van der Waals surface area contributed by atoms with Crippen molar-refractivity contribution < 1.29 is 8.42 Å². The molecule has 0 saturated carbocycles. The van der Waals surface area contributed by atoms with Gasteiger partial charge in [-0.05, 0) is 18.1 Å². The van der Waals surface area contributed by atoms with Crippen LogP contribution in [0.5, 0.6) is 0 Å². The van der Waals surface area contributed by atoms with Crippen LogP contribution in [0.2, 0.25) is 0 Å². The van der Waals surface area contributed by atoms with E-state index in [0.29, 0.717) is 11.3 Å². The Morgan fingerprint density at radius 3 is 2.58 bits per heavy atom. The lowest BCUT2D eigenvalue weighted by Gasteiger charge is -2.14. The third-order valence-electron chi connectivity index (χ3n) is 2.82.